The zero-order chi connectivity index (χ0) is 9.42. The summed E-state index contributed by atoms with van der Waals surface area (Å²) in [4.78, 5) is 2.40. The van der Waals surface area contributed by atoms with Gasteiger partial charge in [-0.25, -0.2) is 0 Å². The normalized spacial score (nSPS) is 31.1. The summed E-state index contributed by atoms with van der Waals surface area (Å²) in [6, 6.07) is 0. The first-order chi connectivity index (χ1) is 6.22. The first kappa shape index (κ1) is 9.01. The average molecular weight is 177 g/mol. The van der Waals surface area contributed by atoms with Crippen molar-refractivity contribution in [2.75, 3.05) is 20.1 Å². The number of rotatable bonds is 3. The monoisotopic (exact) mass is 177 g/mol. The molecule has 1 fully saturated rings. The van der Waals surface area contributed by atoms with E-state index in [1.54, 1.807) is 5.57 Å². The molecule has 1 saturated carbocycles. The lowest BCUT2D eigenvalue weighted by Crippen LogP contribution is -2.22. The zero-order valence-electron chi connectivity index (χ0n) is 8.88. The van der Waals surface area contributed by atoms with Crippen molar-refractivity contribution in [2.45, 2.75) is 20.3 Å². The van der Waals surface area contributed by atoms with E-state index in [2.05, 4.69) is 37.9 Å². The Morgan fingerprint density at radius 3 is 3.00 bits per heavy atom. The Labute approximate surface area is 81.1 Å². The molecule has 13 heavy (non-hydrogen) atoms. The van der Waals surface area contributed by atoms with Crippen molar-refractivity contribution in [2.24, 2.45) is 11.8 Å². The van der Waals surface area contributed by atoms with E-state index in [9.17, 15) is 0 Å². The van der Waals surface area contributed by atoms with Gasteiger partial charge in [0, 0.05) is 6.54 Å². The fourth-order valence-corrected chi connectivity index (χ4v) is 2.14. The van der Waals surface area contributed by atoms with Gasteiger partial charge in [0.2, 0.25) is 0 Å². The van der Waals surface area contributed by atoms with E-state index in [-0.39, 0.29) is 0 Å². The van der Waals surface area contributed by atoms with Crippen LogP contribution in [0.25, 0.3) is 0 Å². The topological polar surface area (TPSA) is 3.24 Å². The van der Waals surface area contributed by atoms with E-state index in [0.29, 0.717) is 0 Å². The SMILES string of the molecule is CCN(C)CC1=C(C)C=CC2CC12. The van der Waals surface area contributed by atoms with E-state index in [1.807, 2.05) is 0 Å². The predicted molar refractivity (Wildman–Crippen MR) is 56.6 cm³/mol. The van der Waals surface area contributed by atoms with Crippen LogP contribution in [0.15, 0.2) is 23.3 Å². The van der Waals surface area contributed by atoms with Crippen LogP contribution < -0.4 is 0 Å². The lowest BCUT2D eigenvalue weighted by Gasteiger charge is -2.19. The number of nitrogens with zero attached hydrogens (tertiary/aromatic N) is 1. The molecule has 0 radical (unpaired) electrons. The van der Waals surface area contributed by atoms with Crippen molar-refractivity contribution in [3.05, 3.63) is 23.3 Å². The van der Waals surface area contributed by atoms with Crippen molar-refractivity contribution in [3.63, 3.8) is 0 Å². The van der Waals surface area contributed by atoms with Gasteiger partial charge in [0.15, 0.2) is 0 Å². The van der Waals surface area contributed by atoms with Gasteiger partial charge in [-0.3, -0.25) is 0 Å². The summed E-state index contributed by atoms with van der Waals surface area (Å²) in [5.41, 5.74) is 3.20. The predicted octanol–water partition coefficient (Wildman–Crippen LogP) is 2.46. The Morgan fingerprint density at radius 2 is 2.31 bits per heavy atom. The molecule has 0 aromatic heterocycles. The molecule has 2 aliphatic carbocycles. The van der Waals surface area contributed by atoms with Gasteiger partial charge in [-0.05, 0) is 44.3 Å². The molecule has 1 heteroatoms. The second kappa shape index (κ2) is 3.30. The molecule has 0 amide bonds. The van der Waals surface area contributed by atoms with E-state index < -0.39 is 0 Å². The van der Waals surface area contributed by atoms with Gasteiger partial charge in [-0.2, -0.15) is 0 Å². The Morgan fingerprint density at radius 1 is 1.54 bits per heavy atom. The van der Waals surface area contributed by atoms with Crippen LogP contribution in [-0.2, 0) is 0 Å². The van der Waals surface area contributed by atoms with Gasteiger partial charge in [-0.15, -0.1) is 0 Å². The van der Waals surface area contributed by atoms with E-state index in [4.69, 9.17) is 0 Å². The van der Waals surface area contributed by atoms with E-state index in [0.717, 1.165) is 18.4 Å². The number of hydrogen-bond acceptors (Lipinski definition) is 1. The third-order valence-corrected chi connectivity index (χ3v) is 3.37. The second-order valence-corrected chi connectivity index (χ2v) is 4.40. The van der Waals surface area contributed by atoms with Gasteiger partial charge >= 0.3 is 0 Å². The first-order valence-corrected chi connectivity index (χ1v) is 5.28. The van der Waals surface area contributed by atoms with Crippen LogP contribution >= 0.6 is 0 Å². The van der Waals surface area contributed by atoms with Crippen molar-refractivity contribution in [1.29, 1.82) is 0 Å². The Bertz CT molecular complexity index is 262. The average Bonchev–Trinajstić information content (AvgIpc) is 2.88. The molecule has 2 rings (SSSR count). The Balaban J connectivity index is 2.07. The highest BCUT2D eigenvalue weighted by molar-refractivity contribution is 5.37. The lowest BCUT2D eigenvalue weighted by atomic mass is 9.98. The van der Waals surface area contributed by atoms with Crippen LogP contribution in [0.2, 0.25) is 0 Å². The highest BCUT2D eigenvalue weighted by atomic mass is 15.1. The Hall–Kier alpha value is -0.560. The first-order valence-electron chi connectivity index (χ1n) is 5.28. The second-order valence-electron chi connectivity index (χ2n) is 4.40. The Kier molecular flexibility index (Phi) is 2.29. The number of likely N-dealkylation sites (N-methyl/N-ethyl adjacent to an activating group) is 1. The third kappa shape index (κ3) is 1.71. The number of allylic oxidation sites excluding steroid dienone is 3. The maximum atomic E-state index is 2.40. The van der Waals surface area contributed by atoms with Crippen LogP contribution in [0.3, 0.4) is 0 Å². The molecular formula is C12H19N. The lowest BCUT2D eigenvalue weighted by molar-refractivity contribution is 0.375. The molecule has 2 unspecified atom stereocenters. The highest BCUT2D eigenvalue weighted by Gasteiger charge is 2.40. The van der Waals surface area contributed by atoms with E-state index >= 15 is 0 Å². The molecule has 0 aromatic rings. The molecule has 0 aliphatic heterocycles. The summed E-state index contributed by atoms with van der Waals surface area (Å²) in [6.45, 7) is 6.80. The fraction of sp³-hybridized carbons (Fsp3) is 0.667. The molecule has 2 aliphatic rings. The maximum absolute atomic E-state index is 2.40. The molecule has 0 aromatic carbocycles. The third-order valence-electron chi connectivity index (χ3n) is 3.37. The summed E-state index contributed by atoms with van der Waals surface area (Å²) in [6.07, 6.45) is 6.10. The quantitative estimate of drug-likeness (QED) is 0.640. The smallest absolute Gasteiger partial charge is 0.0198 e. The van der Waals surface area contributed by atoms with Crippen molar-refractivity contribution in [3.8, 4) is 0 Å². The molecule has 1 nitrogen and oxygen atoms in total. The molecule has 0 saturated heterocycles. The van der Waals surface area contributed by atoms with Gasteiger partial charge in [0.25, 0.3) is 0 Å². The number of hydrogen-bond donors (Lipinski definition) is 0. The summed E-state index contributed by atoms with van der Waals surface area (Å²) < 4.78 is 0. The van der Waals surface area contributed by atoms with Gasteiger partial charge in [0.1, 0.15) is 0 Å². The zero-order valence-corrected chi connectivity index (χ0v) is 8.88. The van der Waals surface area contributed by atoms with Crippen molar-refractivity contribution in [1.82, 2.24) is 4.90 Å². The molecule has 0 spiro atoms. The summed E-state index contributed by atoms with van der Waals surface area (Å²) in [5.74, 6) is 1.79. The minimum Gasteiger partial charge on any atom is -0.303 e. The maximum Gasteiger partial charge on any atom is 0.0198 e. The van der Waals surface area contributed by atoms with Crippen molar-refractivity contribution >= 4 is 0 Å². The largest absolute Gasteiger partial charge is 0.303 e. The molecule has 0 N–H and O–H groups in total. The molecule has 72 valence electrons. The van der Waals surface area contributed by atoms with Crippen LogP contribution in [0.4, 0.5) is 0 Å². The van der Waals surface area contributed by atoms with Crippen molar-refractivity contribution < 1.29 is 0 Å². The summed E-state index contributed by atoms with van der Waals surface area (Å²) >= 11 is 0. The minimum atomic E-state index is 0.893. The summed E-state index contributed by atoms with van der Waals surface area (Å²) in [5, 5.41) is 0. The van der Waals surface area contributed by atoms with Gasteiger partial charge < -0.3 is 4.90 Å². The van der Waals surface area contributed by atoms with Gasteiger partial charge in [0.05, 0.1) is 0 Å². The standard InChI is InChI=1S/C12H19N/c1-4-13(3)8-12-9(2)5-6-10-7-11(10)12/h5-6,10-11H,4,7-8H2,1-3H3. The highest BCUT2D eigenvalue weighted by Crippen LogP contribution is 2.49. The van der Waals surface area contributed by atoms with E-state index in [1.165, 1.54) is 18.5 Å². The minimum absolute atomic E-state index is 0.893. The molecule has 0 heterocycles. The number of fused-ring (bicyclic) bond motifs is 1. The fourth-order valence-electron chi connectivity index (χ4n) is 2.14. The van der Waals surface area contributed by atoms with Crippen LogP contribution in [0.1, 0.15) is 20.3 Å². The molecular weight excluding hydrogens is 158 g/mol. The summed E-state index contributed by atoms with van der Waals surface area (Å²) in [7, 11) is 2.20. The van der Waals surface area contributed by atoms with Crippen LogP contribution in [0.5, 0.6) is 0 Å². The molecule has 0 bridgehead atoms. The van der Waals surface area contributed by atoms with Crippen LogP contribution in [0, 0.1) is 11.8 Å². The van der Waals surface area contributed by atoms with Gasteiger partial charge in [-0.1, -0.05) is 24.6 Å². The molecule has 2 atom stereocenters. The van der Waals surface area contributed by atoms with Crippen LogP contribution in [-0.4, -0.2) is 25.0 Å².